The maximum Gasteiger partial charge on any atom is 0.309 e. The standard InChI is InChI=1S/C8H15FO2/c1-3-5-6(8(10)11)7(9)4-2/h6-7H,3-5H2,1-2H3,(H,10,11)/t6?,7-/m0/s1. The predicted octanol–water partition coefficient (Wildman–Crippen LogP) is 2.24. The van der Waals surface area contributed by atoms with Crippen molar-refractivity contribution in [2.75, 3.05) is 0 Å². The van der Waals surface area contributed by atoms with Crippen molar-refractivity contribution in [1.82, 2.24) is 0 Å². The number of halogens is 1. The Labute approximate surface area is 66.4 Å². The van der Waals surface area contributed by atoms with Crippen LogP contribution >= 0.6 is 0 Å². The van der Waals surface area contributed by atoms with Crippen LogP contribution in [0.3, 0.4) is 0 Å². The molecule has 0 heterocycles. The number of carbonyl (C=O) groups is 1. The SMILES string of the molecule is CCCC(C(=O)O)[C@@H](F)CC. The third kappa shape index (κ3) is 3.35. The van der Waals surface area contributed by atoms with Crippen molar-refractivity contribution < 1.29 is 14.3 Å². The Bertz CT molecular complexity index is 125. The van der Waals surface area contributed by atoms with Gasteiger partial charge in [0.1, 0.15) is 6.17 Å². The lowest BCUT2D eigenvalue weighted by Gasteiger charge is -2.13. The summed E-state index contributed by atoms with van der Waals surface area (Å²) in [4.78, 5) is 10.4. The van der Waals surface area contributed by atoms with E-state index in [0.29, 0.717) is 6.42 Å². The lowest BCUT2D eigenvalue weighted by molar-refractivity contribution is -0.144. The predicted molar refractivity (Wildman–Crippen MR) is 41.2 cm³/mol. The summed E-state index contributed by atoms with van der Waals surface area (Å²) in [6.45, 7) is 3.52. The fourth-order valence-corrected chi connectivity index (χ4v) is 1.05. The molecule has 0 bridgehead atoms. The molecule has 11 heavy (non-hydrogen) atoms. The highest BCUT2D eigenvalue weighted by Crippen LogP contribution is 2.17. The largest absolute Gasteiger partial charge is 0.481 e. The fraction of sp³-hybridized carbons (Fsp3) is 0.875. The minimum atomic E-state index is -1.19. The first kappa shape index (κ1) is 10.4. The Morgan fingerprint density at radius 3 is 2.36 bits per heavy atom. The molecule has 0 spiro atoms. The van der Waals surface area contributed by atoms with E-state index in [2.05, 4.69) is 0 Å². The molecule has 1 unspecified atom stereocenters. The molecule has 0 aromatic heterocycles. The summed E-state index contributed by atoms with van der Waals surface area (Å²) in [6, 6.07) is 0. The van der Waals surface area contributed by atoms with Gasteiger partial charge >= 0.3 is 5.97 Å². The van der Waals surface area contributed by atoms with Gasteiger partial charge in [0.05, 0.1) is 5.92 Å². The van der Waals surface area contributed by atoms with Gasteiger partial charge in [-0.3, -0.25) is 4.79 Å². The van der Waals surface area contributed by atoms with E-state index in [1.807, 2.05) is 6.92 Å². The van der Waals surface area contributed by atoms with Crippen molar-refractivity contribution in [3.05, 3.63) is 0 Å². The van der Waals surface area contributed by atoms with Crippen LogP contribution in [-0.2, 0) is 4.79 Å². The molecule has 0 aliphatic heterocycles. The summed E-state index contributed by atoms with van der Waals surface area (Å²) in [6.07, 6.45) is 0.256. The highest BCUT2D eigenvalue weighted by molar-refractivity contribution is 5.70. The minimum Gasteiger partial charge on any atom is -0.481 e. The van der Waals surface area contributed by atoms with Crippen molar-refractivity contribution in [2.45, 2.75) is 39.3 Å². The molecule has 0 saturated carbocycles. The molecule has 1 N–H and O–H groups in total. The van der Waals surface area contributed by atoms with Crippen LogP contribution in [0.4, 0.5) is 4.39 Å². The minimum absolute atomic E-state index is 0.289. The molecule has 0 aliphatic carbocycles. The molecule has 3 heteroatoms. The van der Waals surface area contributed by atoms with E-state index >= 15 is 0 Å². The number of aliphatic carboxylic acids is 1. The summed E-state index contributed by atoms with van der Waals surface area (Å²) in [7, 11) is 0. The highest BCUT2D eigenvalue weighted by atomic mass is 19.1. The van der Waals surface area contributed by atoms with Gasteiger partial charge in [-0.2, -0.15) is 0 Å². The van der Waals surface area contributed by atoms with Gasteiger partial charge in [-0.15, -0.1) is 0 Å². The van der Waals surface area contributed by atoms with Crippen LogP contribution in [0.15, 0.2) is 0 Å². The van der Waals surface area contributed by atoms with Gasteiger partial charge in [0.15, 0.2) is 0 Å². The summed E-state index contributed by atoms with van der Waals surface area (Å²) < 4.78 is 12.9. The zero-order chi connectivity index (χ0) is 8.85. The molecule has 2 nitrogen and oxygen atoms in total. The van der Waals surface area contributed by atoms with Crippen LogP contribution in [0, 0.1) is 5.92 Å². The summed E-state index contributed by atoms with van der Waals surface area (Å²) in [5, 5.41) is 8.57. The van der Waals surface area contributed by atoms with Crippen molar-refractivity contribution >= 4 is 5.97 Å². The molecule has 0 amide bonds. The Morgan fingerprint density at radius 1 is 1.55 bits per heavy atom. The molecule has 0 saturated heterocycles. The van der Waals surface area contributed by atoms with E-state index in [1.54, 1.807) is 6.92 Å². The second-order valence-electron chi connectivity index (χ2n) is 2.66. The van der Waals surface area contributed by atoms with Crippen molar-refractivity contribution in [1.29, 1.82) is 0 Å². The molecule has 0 aromatic rings. The average Bonchev–Trinajstić information content (AvgIpc) is 1.98. The number of carboxylic acid groups (broad SMARTS) is 1. The average molecular weight is 162 g/mol. The Kier molecular flexibility index (Phi) is 4.83. The van der Waals surface area contributed by atoms with Crippen LogP contribution in [-0.4, -0.2) is 17.2 Å². The monoisotopic (exact) mass is 162 g/mol. The van der Waals surface area contributed by atoms with Crippen molar-refractivity contribution in [3.63, 3.8) is 0 Å². The normalized spacial score (nSPS) is 15.9. The zero-order valence-electron chi connectivity index (χ0n) is 7.01. The lowest BCUT2D eigenvalue weighted by Crippen LogP contribution is -2.24. The van der Waals surface area contributed by atoms with Crippen LogP contribution in [0.1, 0.15) is 33.1 Å². The van der Waals surface area contributed by atoms with E-state index in [1.165, 1.54) is 0 Å². The maximum absolute atomic E-state index is 12.9. The van der Waals surface area contributed by atoms with Gasteiger partial charge in [0.25, 0.3) is 0 Å². The van der Waals surface area contributed by atoms with Crippen LogP contribution in [0.2, 0.25) is 0 Å². The Morgan fingerprint density at radius 2 is 2.09 bits per heavy atom. The molecule has 2 atom stereocenters. The lowest BCUT2D eigenvalue weighted by atomic mass is 9.97. The van der Waals surface area contributed by atoms with E-state index in [0.717, 1.165) is 6.42 Å². The number of hydrogen-bond acceptors (Lipinski definition) is 1. The molecule has 0 aromatic carbocycles. The number of rotatable bonds is 5. The smallest absolute Gasteiger partial charge is 0.309 e. The topological polar surface area (TPSA) is 37.3 Å². The second kappa shape index (κ2) is 5.10. The third-order valence-corrected chi connectivity index (χ3v) is 1.74. The maximum atomic E-state index is 12.9. The van der Waals surface area contributed by atoms with Crippen LogP contribution in [0.5, 0.6) is 0 Å². The van der Waals surface area contributed by atoms with Crippen molar-refractivity contribution in [3.8, 4) is 0 Å². The number of carboxylic acids is 1. The number of alkyl halides is 1. The molecule has 0 rings (SSSR count). The first-order valence-electron chi connectivity index (χ1n) is 4.00. The van der Waals surface area contributed by atoms with Gasteiger partial charge in [0.2, 0.25) is 0 Å². The van der Waals surface area contributed by atoms with Gasteiger partial charge in [-0.25, -0.2) is 4.39 Å². The third-order valence-electron chi connectivity index (χ3n) is 1.74. The van der Waals surface area contributed by atoms with Crippen LogP contribution < -0.4 is 0 Å². The fourth-order valence-electron chi connectivity index (χ4n) is 1.05. The molecule has 0 radical (unpaired) electrons. The van der Waals surface area contributed by atoms with E-state index in [-0.39, 0.29) is 6.42 Å². The first-order chi connectivity index (χ1) is 5.13. The summed E-state index contributed by atoms with van der Waals surface area (Å²) in [5.41, 5.74) is 0. The molecular formula is C8H15FO2. The molecule has 0 aliphatic rings. The van der Waals surface area contributed by atoms with Gasteiger partial charge in [0, 0.05) is 0 Å². The van der Waals surface area contributed by atoms with Gasteiger partial charge in [-0.05, 0) is 12.8 Å². The zero-order valence-corrected chi connectivity index (χ0v) is 7.01. The first-order valence-corrected chi connectivity index (χ1v) is 4.00. The Balaban J connectivity index is 3.97. The molecular weight excluding hydrogens is 147 g/mol. The molecule has 66 valence electrons. The highest BCUT2D eigenvalue weighted by Gasteiger charge is 2.25. The van der Waals surface area contributed by atoms with Crippen molar-refractivity contribution in [2.24, 2.45) is 5.92 Å². The van der Waals surface area contributed by atoms with E-state index < -0.39 is 18.1 Å². The van der Waals surface area contributed by atoms with E-state index in [9.17, 15) is 9.18 Å². The summed E-state index contributed by atoms with van der Waals surface area (Å²) in [5.74, 6) is -1.81. The quantitative estimate of drug-likeness (QED) is 0.673. The van der Waals surface area contributed by atoms with E-state index in [4.69, 9.17) is 5.11 Å². The van der Waals surface area contributed by atoms with Gasteiger partial charge < -0.3 is 5.11 Å². The second-order valence-corrected chi connectivity index (χ2v) is 2.66. The van der Waals surface area contributed by atoms with Crippen LogP contribution in [0.25, 0.3) is 0 Å². The number of hydrogen-bond donors (Lipinski definition) is 1. The molecule has 0 fully saturated rings. The Hall–Kier alpha value is -0.600. The summed E-state index contributed by atoms with van der Waals surface area (Å²) >= 11 is 0. The van der Waals surface area contributed by atoms with Gasteiger partial charge in [-0.1, -0.05) is 20.3 Å².